The number of amides is 1. The van der Waals surface area contributed by atoms with Crippen LogP contribution in [0.4, 0.5) is 24.8 Å². The van der Waals surface area contributed by atoms with Gasteiger partial charge in [-0.25, -0.2) is 34.4 Å². The number of nitrogens with two attached hydrogens (primary N) is 1. The number of nitrogens with one attached hydrogen (secondary N) is 1. The molecule has 1 saturated carbocycles. The lowest BCUT2D eigenvalue weighted by Gasteiger charge is -2.26. The van der Waals surface area contributed by atoms with Crippen LogP contribution in [-0.4, -0.2) is 51.6 Å². The van der Waals surface area contributed by atoms with E-state index >= 15 is 0 Å². The second-order valence-electron chi connectivity index (χ2n) is 8.99. The van der Waals surface area contributed by atoms with E-state index in [0.29, 0.717) is 21.9 Å². The SMILES string of the molecule is Nc1nc(-c2cn3ncnc3c(CCCC(F)(F)F)n2)nc2c1C(c1ncc(Cl)cn1)(C1CC1)C(=O)N2. The van der Waals surface area contributed by atoms with Crippen molar-refractivity contribution in [2.75, 3.05) is 11.1 Å². The number of carbonyl (C=O) groups excluding carboxylic acids is 1. The molecule has 0 bridgehead atoms. The van der Waals surface area contributed by atoms with Crippen LogP contribution < -0.4 is 11.1 Å². The fraction of sp³-hybridized carbons (Fsp3) is 0.364. The Morgan fingerprint density at radius 1 is 1.16 bits per heavy atom. The molecule has 0 aromatic carbocycles. The fourth-order valence-corrected chi connectivity index (χ4v) is 4.93. The molecule has 1 fully saturated rings. The molecule has 1 atom stereocenters. The van der Waals surface area contributed by atoms with Gasteiger partial charge in [0.2, 0.25) is 5.91 Å². The van der Waals surface area contributed by atoms with Crippen molar-refractivity contribution in [3.8, 4) is 11.5 Å². The van der Waals surface area contributed by atoms with Crippen molar-refractivity contribution in [2.45, 2.75) is 43.7 Å². The Labute approximate surface area is 211 Å². The number of alkyl halides is 3. The molecule has 1 amide bonds. The number of carbonyl (C=O) groups is 1. The molecule has 37 heavy (non-hydrogen) atoms. The smallest absolute Gasteiger partial charge is 0.383 e. The highest BCUT2D eigenvalue weighted by Gasteiger charge is 2.61. The Kier molecular flexibility index (Phi) is 5.26. The summed E-state index contributed by atoms with van der Waals surface area (Å²) in [7, 11) is 0. The molecule has 190 valence electrons. The van der Waals surface area contributed by atoms with Gasteiger partial charge in [-0.2, -0.15) is 18.3 Å². The number of hydrogen-bond acceptors (Lipinski definition) is 9. The average molecular weight is 531 g/mol. The van der Waals surface area contributed by atoms with E-state index in [0.717, 1.165) is 12.8 Å². The lowest BCUT2D eigenvalue weighted by molar-refractivity contribution is -0.135. The maximum Gasteiger partial charge on any atom is 0.389 e. The quantitative estimate of drug-likeness (QED) is 0.383. The molecule has 2 aliphatic rings. The molecular weight excluding hydrogens is 513 g/mol. The lowest BCUT2D eigenvalue weighted by Crippen LogP contribution is -2.40. The standard InChI is InChI=1S/C22H18ClF3N10O/c23-11-6-28-19(29-7-11)22(10-3-4-10)14-15(27)33-16(34-17(14)35-20(22)37)13-8-36-18(30-9-31-36)12(32-13)2-1-5-21(24,25)26/h6-10H,1-5H2,(H3,27,33,34,35,37). The normalized spacial score (nSPS) is 19.3. The fourth-order valence-electron chi connectivity index (χ4n) is 4.83. The third kappa shape index (κ3) is 3.91. The summed E-state index contributed by atoms with van der Waals surface area (Å²) in [5, 5.41) is 7.22. The number of rotatable bonds is 6. The highest BCUT2D eigenvalue weighted by molar-refractivity contribution is 6.30. The zero-order chi connectivity index (χ0) is 25.9. The van der Waals surface area contributed by atoms with Gasteiger partial charge in [0, 0.05) is 18.8 Å². The van der Waals surface area contributed by atoms with Gasteiger partial charge in [0.1, 0.15) is 34.9 Å². The van der Waals surface area contributed by atoms with Crippen LogP contribution in [0.5, 0.6) is 0 Å². The summed E-state index contributed by atoms with van der Waals surface area (Å²) < 4.78 is 39.5. The first-order valence-corrected chi connectivity index (χ1v) is 11.8. The van der Waals surface area contributed by atoms with E-state index < -0.39 is 18.0 Å². The molecule has 6 rings (SSSR count). The van der Waals surface area contributed by atoms with E-state index in [2.05, 4.69) is 40.3 Å². The number of fused-ring (bicyclic) bond motifs is 2. The van der Waals surface area contributed by atoms with Crippen LogP contribution in [0, 0.1) is 5.92 Å². The van der Waals surface area contributed by atoms with Gasteiger partial charge in [0.05, 0.1) is 22.5 Å². The number of aryl methyl sites for hydroxylation is 1. The maximum absolute atomic E-state index is 13.4. The van der Waals surface area contributed by atoms with Crippen molar-refractivity contribution in [2.24, 2.45) is 5.92 Å². The summed E-state index contributed by atoms with van der Waals surface area (Å²) >= 11 is 5.97. The zero-order valence-electron chi connectivity index (χ0n) is 19.0. The molecule has 11 nitrogen and oxygen atoms in total. The van der Waals surface area contributed by atoms with Crippen molar-refractivity contribution in [1.82, 2.24) is 39.5 Å². The van der Waals surface area contributed by atoms with Gasteiger partial charge in [-0.05, 0) is 31.6 Å². The zero-order valence-corrected chi connectivity index (χ0v) is 19.8. The van der Waals surface area contributed by atoms with Crippen LogP contribution in [0.1, 0.15) is 42.8 Å². The van der Waals surface area contributed by atoms with Gasteiger partial charge in [-0.15, -0.1) is 0 Å². The Morgan fingerprint density at radius 2 is 1.92 bits per heavy atom. The molecule has 4 aromatic rings. The first-order chi connectivity index (χ1) is 17.7. The van der Waals surface area contributed by atoms with Crippen molar-refractivity contribution >= 4 is 34.8 Å². The summed E-state index contributed by atoms with van der Waals surface area (Å²) in [6.45, 7) is 0. The van der Waals surface area contributed by atoms with E-state index in [4.69, 9.17) is 17.3 Å². The van der Waals surface area contributed by atoms with E-state index in [1.54, 1.807) is 0 Å². The molecule has 0 saturated heterocycles. The van der Waals surface area contributed by atoms with Crippen LogP contribution in [-0.2, 0) is 16.6 Å². The van der Waals surface area contributed by atoms with E-state index in [1.807, 2.05) is 0 Å². The van der Waals surface area contributed by atoms with Crippen molar-refractivity contribution in [3.05, 3.63) is 47.0 Å². The van der Waals surface area contributed by atoms with Crippen molar-refractivity contribution in [3.63, 3.8) is 0 Å². The van der Waals surface area contributed by atoms with Crippen LogP contribution >= 0.6 is 11.6 Å². The number of nitrogen functional groups attached to an aromatic ring is 1. The topological polar surface area (TPSA) is 150 Å². The summed E-state index contributed by atoms with van der Waals surface area (Å²) in [4.78, 5) is 39.6. The van der Waals surface area contributed by atoms with Gasteiger partial charge in [-0.3, -0.25) is 4.79 Å². The Balaban J connectivity index is 1.43. The summed E-state index contributed by atoms with van der Waals surface area (Å²) in [6.07, 6.45) is 1.78. The molecular formula is C22H18ClF3N10O. The lowest BCUT2D eigenvalue weighted by atomic mass is 9.76. The van der Waals surface area contributed by atoms with Crippen LogP contribution in [0.3, 0.4) is 0 Å². The Hall–Kier alpha value is -3.94. The van der Waals surface area contributed by atoms with Gasteiger partial charge in [0.25, 0.3) is 0 Å². The molecule has 1 unspecified atom stereocenters. The molecule has 3 N–H and O–H groups in total. The second-order valence-corrected chi connectivity index (χ2v) is 9.42. The minimum Gasteiger partial charge on any atom is -0.383 e. The minimum atomic E-state index is -4.28. The monoisotopic (exact) mass is 530 g/mol. The highest BCUT2D eigenvalue weighted by atomic mass is 35.5. The predicted octanol–water partition coefficient (Wildman–Crippen LogP) is 3.14. The van der Waals surface area contributed by atoms with E-state index in [9.17, 15) is 18.0 Å². The summed E-state index contributed by atoms with van der Waals surface area (Å²) in [5.41, 5.74) is 6.42. The van der Waals surface area contributed by atoms with Gasteiger partial charge in [0.15, 0.2) is 11.5 Å². The van der Waals surface area contributed by atoms with Gasteiger partial charge < -0.3 is 11.1 Å². The predicted molar refractivity (Wildman–Crippen MR) is 124 cm³/mol. The molecule has 0 spiro atoms. The molecule has 5 heterocycles. The molecule has 4 aromatic heterocycles. The van der Waals surface area contributed by atoms with E-state index in [1.165, 1.54) is 29.4 Å². The number of hydrogen-bond donors (Lipinski definition) is 2. The summed E-state index contributed by atoms with van der Waals surface area (Å²) in [5.74, 6) is 0.136. The van der Waals surface area contributed by atoms with Crippen molar-refractivity contribution < 1.29 is 18.0 Å². The first-order valence-electron chi connectivity index (χ1n) is 11.4. The minimum absolute atomic E-state index is 0.0192. The van der Waals surface area contributed by atoms with Crippen LogP contribution in [0.25, 0.3) is 17.2 Å². The molecule has 0 radical (unpaired) electrons. The van der Waals surface area contributed by atoms with Crippen LogP contribution in [0.2, 0.25) is 5.02 Å². The van der Waals surface area contributed by atoms with Gasteiger partial charge in [-0.1, -0.05) is 11.6 Å². The van der Waals surface area contributed by atoms with Crippen LogP contribution in [0.15, 0.2) is 24.9 Å². The molecule has 1 aliphatic carbocycles. The van der Waals surface area contributed by atoms with Gasteiger partial charge >= 0.3 is 6.18 Å². The third-order valence-corrected chi connectivity index (χ3v) is 6.71. The Morgan fingerprint density at radius 3 is 2.62 bits per heavy atom. The number of halogens is 4. The number of anilines is 2. The number of aromatic nitrogens is 8. The largest absolute Gasteiger partial charge is 0.389 e. The van der Waals surface area contributed by atoms with Crippen molar-refractivity contribution in [1.29, 1.82) is 0 Å². The van der Waals surface area contributed by atoms with E-state index in [-0.39, 0.29) is 53.6 Å². The average Bonchev–Trinajstić information content (AvgIpc) is 3.49. The highest BCUT2D eigenvalue weighted by Crippen LogP contribution is 2.56. The Bertz CT molecular complexity index is 1540. The first kappa shape index (κ1) is 23.5. The molecule has 15 heteroatoms. The third-order valence-electron chi connectivity index (χ3n) is 6.52. The maximum atomic E-state index is 13.4. The summed E-state index contributed by atoms with van der Waals surface area (Å²) in [6, 6.07) is 0. The molecule has 1 aliphatic heterocycles. The number of nitrogens with zero attached hydrogens (tertiary/aromatic N) is 8. The second kappa shape index (κ2) is 8.30.